The third kappa shape index (κ3) is 2.65. The Morgan fingerprint density at radius 3 is 2.88 bits per heavy atom. The molecule has 0 bridgehead atoms. The molecule has 0 saturated carbocycles. The average Bonchev–Trinajstić information content (AvgIpc) is 2.73. The Balaban J connectivity index is 2.11. The number of aliphatic hydroxyl groups excluding tert-OH is 1. The van der Waals surface area contributed by atoms with Gasteiger partial charge in [-0.05, 0) is 13.0 Å². The monoisotopic (exact) mass is 232 g/mol. The topological polar surface area (TPSA) is 47.3 Å². The Hall–Kier alpha value is -1.81. The molecule has 1 aromatic carbocycles. The van der Waals surface area contributed by atoms with Crippen LogP contribution >= 0.6 is 0 Å². The lowest BCUT2D eigenvalue weighted by atomic mass is 10.1. The van der Waals surface area contributed by atoms with Crippen molar-refractivity contribution in [3.8, 4) is 5.75 Å². The van der Waals surface area contributed by atoms with Crippen molar-refractivity contribution in [2.24, 2.45) is 7.05 Å². The van der Waals surface area contributed by atoms with Crippen LogP contribution < -0.4 is 4.74 Å². The lowest BCUT2D eigenvalue weighted by Gasteiger charge is -2.11. The fraction of sp³-hybridized carbons (Fsp3) is 0.308. The van der Waals surface area contributed by atoms with E-state index in [1.165, 1.54) is 0 Å². The number of aliphatic hydroxyl groups is 1. The van der Waals surface area contributed by atoms with Gasteiger partial charge in [0.05, 0.1) is 24.8 Å². The van der Waals surface area contributed by atoms with E-state index in [2.05, 4.69) is 4.98 Å². The lowest BCUT2D eigenvalue weighted by Crippen LogP contribution is -2.03. The maximum Gasteiger partial charge on any atom is 0.130 e. The van der Waals surface area contributed by atoms with Gasteiger partial charge < -0.3 is 14.4 Å². The molecule has 2 aromatic rings. The molecule has 1 heterocycles. The Labute approximate surface area is 100 Å². The molecule has 2 rings (SSSR count). The van der Waals surface area contributed by atoms with Crippen LogP contribution in [0.25, 0.3) is 0 Å². The van der Waals surface area contributed by atoms with Gasteiger partial charge in [0, 0.05) is 12.6 Å². The standard InChI is InChI=1S/C13H16N2O2/c1-10-3-4-13(11(5-10)7-16)17-8-12-6-14-9-15(12)2/h3-6,9,16H,7-8H2,1-2H3. The van der Waals surface area contributed by atoms with Crippen LogP contribution in [-0.2, 0) is 20.3 Å². The molecule has 0 radical (unpaired) electrons. The van der Waals surface area contributed by atoms with Gasteiger partial charge in [-0.3, -0.25) is 0 Å². The molecule has 0 fully saturated rings. The first-order valence-corrected chi connectivity index (χ1v) is 5.49. The summed E-state index contributed by atoms with van der Waals surface area (Å²) in [7, 11) is 1.92. The molecule has 0 unspecified atom stereocenters. The number of aryl methyl sites for hydroxylation is 2. The molecule has 1 N–H and O–H groups in total. The molecular weight excluding hydrogens is 216 g/mol. The number of hydrogen-bond acceptors (Lipinski definition) is 3. The summed E-state index contributed by atoms with van der Waals surface area (Å²) >= 11 is 0. The molecule has 0 saturated heterocycles. The molecule has 0 spiro atoms. The summed E-state index contributed by atoms with van der Waals surface area (Å²) in [5.74, 6) is 0.722. The van der Waals surface area contributed by atoms with E-state index in [1.807, 2.05) is 36.7 Å². The van der Waals surface area contributed by atoms with Crippen LogP contribution in [0, 0.1) is 6.92 Å². The van der Waals surface area contributed by atoms with Crippen molar-refractivity contribution in [2.75, 3.05) is 0 Å². The summed E-state index contributed by atoms with van der Waals surface area (Å²) in [6.45, 7) is 2.43. The van der Waals surface area contributed by atoms with Crippen molar-refractivity contribution in [1.82, 2.24) is 9.55 Å². The number of aromatic nitrogens is 2. The van der Waals surface area contributed by atoms with Gasteiger partial charge in [0.2, 0.25) is 0 Å². The smallest absolute Gasteiger partial charge is 0.130 e. The van der Waals surface area contributed by atoms with Crippen LogP contribution in [0.1, 0.15) is 16.8 Å². The lowest BCUT2D eigenvalue weighted by molar-refractivity contribution is 0.256. The predicted molar refractivity (Wildman–Crippen MR) is 64.6 cm³/mol. The highest BCUT2D eigenvalue weighted by Gasteiger charge is 2.05. The van der Waals surface area contributed by atoms with E-state index < -0.39 is 0 Å². The van der Waals surface area contributed by atoms with Gasteiger partial charge in [-0.15, -0.1) is 0 Å². The first kappa shape index (κ1) is 11.7. The van der Waals surface area contributed by atoms with Crippen LogP contribution in [-0.4, -0.2) is 14.7 Å². The SMILES string of the molecule is Cc1ccc(OCc2cncn2C)c(CO)c1. The Morgan fingerprint density at radius 2 is 2.24 bits per heavy atom. The predicted octanol–water partition coefficient (Wildman–Crippen LogP) is 1.80. The van der Waals surface area contributed by atoms with Gasteiger partial charge in [-0.1, -0.05) is 17.7 Å². The van der Waals surface area contributed by atoms with Crippen LogP contribution in [0.5, 0.6) is 5.75 Å². The van der Waals surface area contributed by atoms with Crippen molar-refractivity contribution in [3.63, 3.8) is 0 Å². The number of rotatable bonds is 4. The van der Waals surface area contributed by atoms with E-state index in [0.717, 1.165) is 22.6 Å². The Bertz CT molecular complexity index is 506. The molecular formula is C13H16N2O2. The molecule has 4 heteroatoms. The zero-order chi connectivity index (χ0) is 12.3. The van der Waals surface area contributed by atoms with Crippen molar-refractivity contribution in [3.05, 3.63) is 47.5 Å². The fourth-order valence-electron chi connectivity index (χ4n) is 1.65. The van der Waals surface area contributed by atoms with Crippen molar-refractivity contribution < 1.29 is 9.84 Å². The summed E-state index contributed by atoms with van der Waals surface area (Å²) in [5, 5.41) is 9.26. The van der Waals surface area contributed by atoms with Crippen LogP contribution in [0.4, 0.5) is 0 Å². The number of ether oxygens (including phenoxy) is 1. The van der Waals surface area contributed by atoms with Gasteiger partial charge in [0.25, 0.3) is 0 Å². The van der Waals surface area contributed by atoms with E-state index in [4.69, 9.17) is 4.74 Å². The summed E-state index contributed by atoms with van der Waals surface area (Å²) in [6, 6.07) is 5.79. The van der Waals surface area contributed by atoms with Gasteiger partial charge >= 0.3 is 0 Å². The second-order valence-electron chi connectivity index (χ2n) is 4.05. The van der Waals surface area contributed by atoms with Crippen LogP contribution in [0.3, 0.4) is 0 Å². The second-order valence-corrected chi connectivity index (χ2v) is 4.05. The van der Waals surface area contributed by atoms with Crippen molar-refractivity contribution in [1.29, 1.82) is 0 Å². The van der Waals surface area contributed by atoms with Crippen molar-refractivity contribution in [2.45, 2.75) is 20.1 Å². The first-order chi connectivity index (χ1) is 8.20. The molecule has 4 nitrogen and oxygen atoms in total. The largest absolute Gasteiger partial charge is 0.487 e. The summed E-state index contributed by atoms with van der Waals surface area (Å²) in [4.78, 5) is 4.02. The summed E-state index contributed by atoms with van der Waals surface area (Å²) < 4.78 is 7.60. The van der Waals surface area contributed by atoms with Gasteiger partial charge in [-0.2, -0.15) is 0 Å². The van der Waals surface area contributed by atoms with E-state index in [-0.39, 0.29) is 6.61 Å². The highest BCUT2D eigenvalue weighted by Crippen LogP contribution is 2.21. The number of nitrogens with zero attached hydrogens (tertiary/aromatic N) is 2. The van der Waals surface area contributed by atoms with Crippen LogP contribution in [0.15, 0.2) is 30.7 Å². The summed E-state index contributed by atoms with van der Waals surface area (Å²) in [5.41, 5.74) is 2.92. The third-order valence-corrected chi connectivity index (χ3v) is 2.68. The second kappa shape index (κ2) is 5.01. The van der Waals surface area contributed by atoms with E-state index in [1.54, 1.807) is 12.5 Å². The minimum absolute atomic E-state index is 0.0115. The van der Waals surface area contributed by atoms with E-state index >= 15 is 0 Å². The first-order valence-electron chi connectivity index (χ1n) is 5.49. The van der Waals surface area contributed by atoms with Gasteiger partial charge in [0.15, 0.2) is 0 Å². The molecule has 0 amide bonds. The molecule has 0 aliphatic rings. The maximum atomic E-state index is 9.26. The molecule has 0 aliphatic carbocycles. The fourth-order valence-corrected chi connectivity index (χ4v) is 1.65. The maximum absolute atomic E-state index is 9.26. The average molecular weight is 232 g/mol. The van der Waals surface area contributed by atoms with Crippen molar-refractivity contribution >= 4 is 0 Å². The highest BCUT2D eigenvalue weighted by molar-refractivity contribution is 5.36. The highest BCUT2D eigenvalue weighted by atomic mass is 16.5. The zero-order valence-corrected chi connectivity index (χ0v) is 10.1. The normalized spacial score (nSPS) is 10.5. The van der Waals surface area contributed by atoms with Crippen LogP contribution in [0.2, 0.25) is 0 Å². The Morgan fingerprint density at radius 1 is 1.41 bits per heavy atom. The van der Waals surface area contributed by atoms with E-state index in [9.17, 15) is 5.11 Å². The van der Waals surface area contributed by atoms with E-state index in [0.29, 0.717) is 6.61 Å². The molecule has 1 aromatic heterocycles. The molecule has 0 aliphatic heterocycles. The number of hydrogen-bond donors (Lipinski definition) is 1. The Kier molecular flexibility index (Phi) is 3.44. The van der Waals surface area contributed by atoms with Gasteiger partial charge in [0.1, 0.15) is 12.4 Å². The summed E-state index contributed by atoms with van der Waals surface area (Å²) in [6.07, 6.45) is 3.51. The quantitative estimate of drug-likeness (QED) is 0.874. The minimum Gasteiger partial charge on any atom is -0.487 e. The zero-order valence-electron chi connectivity index (χ0n) is 10.1. The third-order valence-electron chi connectivity index (χ3n) is 2.68. The molecule has 17 heavy (non-hydrogen) atoms. The number of imidazole rings is 1. The minimum atomic E-state index is -0.0115. The van der Waals surface area contributed by atoms with Gasteiger partial charge in [-0.25, -0.2) is 4.98 Å². The molecule has 90 valence electrons. The number of benzene rings is 1. The molecule has 0 atom stereocenters.